The number of benzene rings is 1. The predicted octanol–water partition coefficient (Wildman–Crippen LogP) is 3.75. The average Bonchev–Trinajstić information content (AvgIpc) is 2.57. The van der Waals surface area contributed by atoms with Gasteiger partial charge in [0.2, 0.25) is 0 Å². The Hall–Kier alpha value is -1.22. The zero-order chi connectivity index (χ0) is 12.8. The smallest absolute Gasteiger partial charge is 0.0756 e. The van der Waals surface area contributed by atoms with Crippen LogP contribution >= 0.6 is 0 Å². The fourth-order valence-corrected chi connectivity index (χ4v) is 1.81. The molecule has 1 aromatic carbocycles. The Morgan fingerprint density at radius 2 is 1.47 bits per heavy atom. The number of hydrogen-bond acceptors (Lipinski definition) is 3. The van der Waals surface area contributed by atoms with Gasteiger partial charge in [0.1, 0.15) is 0 Å². The van der Waals surface area contributed by atoms with Gasteiger partial charge in [-0.1, -0.05) is 26.8 Å². The molecule has 0 unspecified atom stereocenters. The molecule has 0 radical (unpaired) electrons. The molecular formula is C14H23N3. The fourth-order valence-electron chi connectivity index (χ4n) is 1.81. The minimum absolute atomic E-state index is 0.0426. The molecule has 94 valence electrons. The van der Waals surface area contributed by atoms with Crippen LogP contribution in [0.25, 0.3) is 0 Å². The first-order chi connectivity index (χ1) is 7.68. The molecule has 1 aliphatic heterocycles. The Balaban J connectivity index is 2.29. The highest BCUT2D eigenvalue weighted by Gasteiger charge is 2.28. The summed E-state index contributed by atoms with van der Waals surface area (Å²) in [7, 11) is 0. The Morgan fingerprint density at radius 3 is 2.00 bits per heavy atom. The van der Waals surface area contributed by atoms with Crippen molar-refractivity contribution in [3.8, 4) is 0 Å². The lowest BCUT2D eigenvalue weighted by molar-refractivity contribution is 0.222. The number of hydrazine groups is 2. The lowest BCUT2D eigenvalue weighted by Gasteiger charge is -2.30. The van der Waals surface area contributed by atoms with Gasteiger partial charge in [0.25, 0.3) is 0 Å². The van der Waals surface area contributed by atoms with Crippen LogP contribution in [0.5, 0.6) is 0 Å². The van der Waals surface area contributed by atoms with E-state index in [1.54, 1.807) is 0 Å². The Kier molecular flexibility index (Phi) is 2.62. The Bertz CT molecular complexity index is 424. The SMILES string of the molecule is CC(C)(C)c1ccc2c(c1)NN(C(C)(C)C)N2. The van der Waals surface area contributed by atoms with Crippen LogP contribution in [-0.2, 0) is 5.41 Å². The Morgan fingerprint density at radius 1 is 0.882 bits per heavy atom. The van der Waals surface area contributed by atoms with Gasteiger partial charge in [0.05, 0.1) is 16.9 Å². The topological polar surface area (TPSA) is 27.3 Å². The van der Waals surface area contributed by atoms with Gasteiger partial charge in [-0.15, -0.1) is 5.12 Å². The van der Waals surface area contributed by atoms with Gasteiger partial charge in [-0.05, 0) is 43.9 Å². The number of fused-ring (bicyclic) bond motifs is 1. The second kappa shape index (κ2) is 3.64. The number of anilines is 2. The van der Waals surface area contributed by atoms with E-state index in [4.69, 9.17) is 0 Å². The van der Waals surface area contributed by atoms with E-state index in [1.165, 1.54) is 5.56 Å². The molecule has 2 rings (SSSR count). The van der Waals surface area contributed by atoms with Crippen molar-refractivity contribution in [1.82, 2.24) is 5.12 Å². The van der Waals surface area contributed by atoms with E-state index >= 15 is 0 Å². The predicted molar refractivity (Wildman–Crippen MR) is 74.0 cm³/mol. The summed E-state index contributed by atoms with van der Waals surface area (Å²) in [6.45, 7) is 13.2. The second-order valence-corrected chi connectivity index (χ2v) is 6.74. The number of hydrogen-bond donors (Lipinski definition) is 2. The lowest BCUT2D eigenvalue weighted by atomic mass is 9.87. The first kappa shape index (κ1) is 12.2. The van der Waals surface area contributed by atoms with Crippen molar-refractivity contribution in [2.24, 2.45) is 0 Å². The van der Waals surface area contributed by atoms with Gasteiger partial charge < -0.3 is 0 Å². The summed E-state index contributed by atoms with van der Waals surface area (Å²) in [4.78, 5) is 0. The van der Waals surface area contributed by atoms with Gasteiger partial charge in [0, 0.05) is 0 Å². The highest BCUT2D eigenvalue weighted by molar-refractivity contribution is 5.73. The molecule has 0 aromatic heterocycles. The van der Waals surface area contributed by atoms with Crippen molar-refractivity contribution in [3.63, 3.8) is 0 Å². The first-order valence-electron chi connectivity index (χ1n) is 6.16. The fraction of sp³-hybridized carbons (Fsp3) is 0.571. The molecule has 3 nitrogen and oxygen atoms in total. The maximum Gasteiger partial charge on any atom is 0.0756 e. The third-order valence-corrected chi connectivity index (χ3v) is 3.02. The molecular weight excluding hydrogens is 210 g/mol. The summed E-state index contributed by atoms with van der Waals surface area (Å²) >= 11 is 0. The zero-order valence-electron chi connectivity index (χ0n) is 11.7. The molecule has 0 atom stereocenters. The maximum atomic E-state index is 3.41. The normalized spacial score (nSPS) is 16.4. The Labute approximate surface area is 104 Å². The molecule has 2 N–H and O–H groups in total. The third kappa shape index (κ3) is 2.39. The van der Waals surface area contributed by atoms with Crippen molar-refractivity contribution in [2.75, 3.05) is 10.9 Å². The first-order valence-corrected chi connectivity index (χ1v) is 6.16. The minimum atomic E-state index is 0.0426. The van der Waals surface area contributed by atoms with Crippen molar-refractivity contribution in [2.45, 2.75) is 52.5 Å². The molecule has 1 aromatic rings. The van der Waals surface area contributed by atoms with Crippen LogP contribution in [0.1, 0.15) is 47.1 Å². The molecule has 0 spiro atoms. The van der Waals surface area contributed by atoms with Crippen LogP contribution in [-0.4, -0.2) is 10.7 Å². The van der Waals surface area contributed by atoms with Crippen LogP contribution in [0.15, 0.2) is 18.2 Å². The lowest BCUT2D eigenvalue weighted by Crippen LogP contribution is -2.45. The largest absolute Gasteiger partial charge is 0.299 e. The summed E-state index contributed by atoms with van der Waals surface area (Å²) in [5, 5.41) is 2.05. The summed E-state index contributed by atoms with van der Waals surface area (Å²) in [6.07, 6.45) is 0. The highest BCUT2D eigenvalue weighted by Crippen LogP contribution is 2.35. The molecule has 1 heterocycles. The van der Waals surface area contributed by atoms with Crippen molar-refractivity contribution in [1.29, 1.82) is 0 Å². The number of nitrogens with zero attached hydrogens (tertiary/aromatic N) is 1. The molecule has 0 bridgehead atoms. The minimum Gasteiger partial charge on any atom is -0.299 e. The summed E-state index contributed by atoms with van der Waals surface area (Å²) in [6, 6.07) is 6.57. The molecule has 17 heavy (non-hydrogen) atoms. The number of rotatable bonds is 0. The second-order valence-electron chi connectivity index (χ2n) is 6.74. The van der Waals surface area contributed by atoms with Gasteiger partial charge in [-0.3, -0.25) is 10.9 Å². The van der Waals surface area contributed by atoms with Gasteiger partial charge in [-0.25, -0.2) is 0 Å². The van der Waals surface area contributed by atoms with Gasteiger partial charge >= 0.3 is 0 Å². The molecule has 0 aliphatic carbocycles. The van der Waals surface area contributed by atoms with E-state index in [0.29, 0.717) is 0 Å². The third-order valence-electron chi connectivity index (χ3n) is 3.02. The average molecular weight is 233 g/mol. The van der Waals surface area contributed by atoms with E-state index in [9.17, 15) is 0 Å². The van der Waals surface area contributed by atoms with Crippen molar-refractivity contribution < 1.29 is 0 Å². The molecule has 0 saturated heterocycles. The van der Waals surface area contributed by atoms with E-state index in [0.717, 1.165) is 11.4 Å². The van der Waals surface area contributed by atoms with Crippen LogP contribution in [0.3, 0.4) is 0 Å². The van der Waals surface area contributed by atoms with E-state index < -0.39 is 0 Å². The van der Waals surface area contributed by atoms with Crippen LogP contribution in [0.2, 0.25) is 0 Å². The highest BCUT2D eigenvalue weighted by atomic mass is 15.8. The standard InChI is InChI=1S/C14H23N3/c1-13(2,3)10-7-8-11-12(9-10)16-17(15-11)14(4,5)6/h7-9,15-16H,1-6H3. The van der Waals surface area contributed by atoms with Crippen LogP contribution in [0, 0.1) is 0 Å². The zero-order valence-corrected chi connectivity index (χ0v) is 11.7. The van der Waals surface area contributed by atoms with Crippen LogP contribution < -0.4 is 10.9 Å². The quantitative estimate of drug-likeness (QED) is 0.714. The molecule has 1 aliphatic rings. The molecule has 3 heteroatoms. The summed E-state index contributed by atoms with van der Waals surface area (Å²) in [5.74, 6) is 0. The van der Waals surface area contributed by atoms with Gasteiger partial charge in [0.15, 0.2) is 0 Å². The number of nitrogens with one attached hydrogen (secondary N) is 2. The monoisotopic (exact) mass is 233 g/mol. The van der Waals surface area contributed by atoms with E-state index in [-0.39, 0.29) is 11.0 Å². The maximum absolute atomic E-state index is 3.41. The summed E-state index contributed by atoms with van der Waals surface area (Å²) in [5.41, 5.74) is 10.7. The van der Waals surface area contributed by atoms with E-state index in [2.05, 4.69) is 70.6 Å². The molecule has 0 saturated carbocycles. The van der Waals surface area contributed by atoms with Crippen molar-refractivity contribution in [3.05, 3.63) is 23.8 Å². The van der Waals surface area contributed by atoms with Crippen molar-refractivity contribution >= 4 is 11.4 Å². The molecule has 0 amide bonds. The van der Waals surface area contributed by atoms with E-state index in [1.807, 2.05) is 5.12 Å². The molecule has 0 fully saturated rings. The summed E-state index contributed by atoms with van der Waals surface area (Å²) < 4.78 is 0. The van der Waals surface area contributed by atoms with Gasteiger partial charge in [-0.2, -0.15) is 0 Å². The van der Waals surface area contributed by atoms with Crippen LogP contribution in [0.4, 0.5) is 11.4 Å².